The third-order valence-electron chi connectivity index (χ3n) is 3.80. The minimum Gasteiger partial charge on any atom is -0.454 e. The summed E-state index contributed by atoms with van der Waals surface area (Å²) in [5.41, 5.74) is 1.79. The van der Waals surface area contributed by atoms with E-state index in [1.54, 1.807) is 0 Å². The number of hydrogen-bond acceptors (Lipinski definition) is 7. The Morgan fingerprint density at radius 2 is 1.87 bits per heavy atom. The van der Waals surface area contributed by atoms with Gasteiger partial charge in [-0.05, 0) is 19.1 Å². The van der Waals surface area contributed by atoms with E-state index in [1.807, 2.05) is 31.2 Å². The summed E-state index contributed by atoms with van der Waals surface area (Å²) in [5, 5.41) is 3.24. The molecular weight excluding hydrogens is 296 g/mol. The lowest BCUT2D eigenvalue weighted by atomic mass is 10.3. The van der Waals surface area contributed by atoms with Gasteiger partial charge in [0, 0.05) is 36.6 Å². The molecule has 1 fully saturated rings. The Kier molecular flexibility index (Phi) is 3.63. The lowest BCUT2D eigenvalue weighted by molar-refractivity contribution is 0.122. The number of benzene rings is 1. The van der Waals surface area contributed by atoms with Crippen LogP contribution in [0.2, 0.25) is 0 Å². The highest BCUT2D eigenvalue weighted by molar-refractivity contribution is 5.61. The van der Waals surface area contributed by atoms with Crippen LogP contribution < -0.4 is 19.7 Å². The van der Waals surface area contributed by atoms with Crippen LogP contribution in [-0.4, -0.2) is 43.1 Å². The normalized spacial score (nSPS) is 16.5. The van der Waals surface area contributed by atoms with Gasteiger partial charge in [-0.1, -0.05) is 0 Å². The molecule has 2 aromatic rings. The predicted molar refractivity (Wildman–Crippen MR) is 85.6 cm³/mol. The van der Waals surface area contributed by atoms with E-state index in [0.29, 0.717) is 5.95 Å². The fourth-order valence-corrected chi connectivity index (χ4v) is 2.67. The number of nitrogens with one attached hydrogen (secondary N) is 1. The molecule has 0 amide bonds. The fraction of sp³-hybridized carbons (Fsp3) is 0.375. The minimum absolute atomic E-state index is 0.265. The minimum atomic E-state index is 0.265. The number of aryl methyl sites for hydroxylation is 1. The number of rotatable bonds is 3. The van der Waals surface area contributed by atoms with Gasteiger partial charge in [-0.25, -0.2) is 4.98 Å². The van der Waals surface area contributed by atoms with Crippen molar-refractivity contribution in [3.05, 3.63) is 30.0 Å². The maximum atomic E-state index is 5.39. The number of fused-ring (bicyclic) bond motifs is 1. The molecule has 1 N–H and O–H groups in total. The third kappa shape index (κ3) is 3.00. The molecule has 0 atom stereocenters. The molecule has 0 radical (unpaired) electrons. The molecule has 4 rings (SSSR count). The summed E-state index contributed by atoms with van der Waals surface area (Å²) in [6.45, 7) is 5.39. The smallest absolute Gasteiger partial charge is 0.231 e. The van der Waals surface area contributed by atoms with E-state index in [-0.39, 0.29) is 6.79 Å². The van der Waals surface area contributed by atoms with Crippen LogP contribution in [0, 0.1) is 6.92 Å². The summed E-state index contributed by atoms with van der Waals surface area (Å²) in [6.07, 6.45) is 0. The average molecular weight is 314 g/mol. The summed E-state index contributed by atoms with van der Waals surface area (Å²) < 4.78 is 16.1. The van der Waals surface area contributed by atoms with E-state index in [2.05, 4.69) is 20.2 Å². The van der Waals surface area contributed by atoms with E-state index in [0.717, 1.165) is 55.0 Å². The molecule has 1 saturated heterocycles. The van der Waals surface area contributed by atoms with Crippen LogP contribution in [0.5, 0.6) is 11.5 Å². The predicted octanol–water partition coefficient (Wildman–Crippen LogP) is 2.09. The second-order valence-corrected chi connectivity index (χ2v) is 5.48. The largest absolute Gasteiger partial charge is 0.454 e. The first-order valence-corrected chi connectivity index (χ1v) is 7.63. The fourth-order valence-electron chi connectivity index (χ4n) is 2.67. The van der Waals surface area contributed by atoms with Crippen molar-refractivity contribution in [1.82, 2.24) is 9.97 Å². The van der Waals surface area contributed by atoms with Gasteiger partial charge in [-0.3, -0.25) is 0 Å². The maximum Gasteiger partial charge on any atom is 0.231 e. The van der Waals surface area contributed by atoms with Crippen molar-refractivity contribution in [3.8, 4) is 11.5 Å². The maximum absolute atomic E-state index is 5.39. The van der Waals surface area contributed by atoms with Gasteiger partial charge < -0.3 is 24.4 Å². The van der Waals surface area contributed by atoms with Gasteiger partial charge in [0.25, 0.3) is 0 Å². The van der Waals surface area contributed by atoms with E-state index >= 15 is 0 Å². The van der Waals surface area contributed by atoms with Crippen LogP contribution in [0.4, 0.5) is 17.5 Å². The number of anilines is 3. The Labute approximate surface area is 134 Å². The van der Waals surface area contributed by atoms with Crippen LogP contribution in [0.1, 0.15) is 5.69 Å². The van der Waals surface area contributed by atoms with Crippen molar-refractivity contribution in [2.24, 2.45) is 0 Å². The Balaban J connectivity index is 1.57. The summed E-state index contributed by atoms with van der Waals surface area (Å²) in [4.78, 5) is 11.3. The van der Waals surface area contributed by atoms with Crippen LogP contribution in [0.3, 0.4) is 0 Å². The van der Waals surface area contributed by atoms with Gasteiger partial charge >= 0.3 is 0 Å². The van der Waals surface area contributed by atoms with Gasteiger partial charge in [-0.2, -0.15) is 4.98 Å². The summed E-state index contributed by atoms with van der Waals surface area (Å²) in [6, 6.07) is 7.69. The Morgan fingerprint density at radius 3 is 2.74 bits per heavy atom. The van der Waals surface area contributed by atoms with Crippen LogP contribution in [-0.2, 0) is 4.74 Å². The van der Waals surface area contributed by atoms with Crippen LogP contribution >= 0.6 is 0 Å². The first kappa shape index (κ1) is 14.1. The molecule has 2 aliphatic rings. The van der Waals surface area contributed by atoms with Crippen LogP contribution in [0.15, 0.2) is 24.3 Å². The van der Waals surface area contributed by atoms with E-state index in [4.69, 9.17) is 14.2 Å². The number of nitrogens with zero attached hydrogens (tertiary/aromatic N) is 3. The lowest BCUT2D eigenvalue weighted by Gasteiger charge is -2.28. The molecule has 23 heavy (non-hydrogen) atoms. The van der Waals surface area contributed by atoms with Gasteiger partial charge in [0.05, 0.1) is 13.2 Å². The number of hydrogen-bond donors (Lipinski definition) is 1. The zero-order valence-corrected chi connectivity index (χ0v) is 12.9. The topological polar surface area (TPSA) is 68.7 Å². The number of aromatic nitrogens is 2. The molecule has 7 nitrogen and oxygen atoms in total. The number of ether oxygens (including phenoxy) is 3. The summed E-state index contributed by atoms with van der Waals surface area (Å²) in [7, 11) is 0. The molecule has 1 aromatic heterocycles. The lowest BCUT2D eigenvalue weighted by Crippen LogP contribution is -2.36. The Bertz CT molecular complexity index is 716. The molecule has 1 aromatic carbocycles. The highest BCUT2D eigenvalue weighted by atomic mass is 16.7. The molecule has 7 heteroatoms. The molecule has 0 bridgehead atoms. The van der Waals surface area contributed by atoms with Crippen molar-refractivity contribution in [3.63, 3.8) is 0 Å². The first-order valence-electron chi connectivity index (χ1n) is 7.63. The van der Waals surface area contributed by atoms with Crippen molar-refractivity contribution >= 4 is 17.5 Å². The summed E-state index contributed by atoms with van der Waals surface area (Å²) in [5.74, 6) is 2.99. The Morgan fingerprint density at radius 1 is 1.04 bits per heavy atom. The van der Waals surface area contributed by atoms with Gasteiger partial charge in [-0.15, -0.1) is 0 Å². The van der Waals surface area contributed by atoms with Crippen molar-refractivity contribution in [2.75, 3.05) is 43.3 Å². The second kappa shape index (κ2) is 5.92. The third-order valence-corrected chi connectivity index (χ3v) is 3.80. The highest BCUT2D eigenvalue weighted by Gasteiger charge is 2.16. The molecule has 0 spiro atoms. The molecule has 0 unspecified atom stereocenters. The first-order chi connectivity index (χ1) is 11.3. The summed E-state index contributed by atoms with van der Waals surface area (Å²) >= 11 is 0. The zero-order chi connectivity index (χ0) is 15.6. The van der Waals surface area contributed by atoms with Crippen LogP contribution in [0.25, 0.3) is 0 Å². The second-order valence-electron chi connectivity index (χ2n) is 5.48. The van der Waals surface area contributed by atoms with Crippen molar-refractivity contribution in [1.29, 1.82) is 0 Å². The SMILES string of the molecule is Cc1cc(N2CCOCC2)nc(Nc2ccc3c(c2)OCO3)n1. The van der Waals surface area contributed by atoms with Gasteiger partial charge in [0.15, 0.2) is 11.5 Å². The molecule has 0 aliphatic carbocycles. The van der Waals surface area contributed by atoms with Crippen molar-refractivity contribution in [2.45, 2.75) is 6.92 Å². The quantitative estimate of drug-likeness (QED) is 0.930. The van der Waals surface area contributed by atoms with Gasteiger partial charge in [0.1, 0.15) is 5.82 Å². The van der Waals surface area contributed by atoms with Gasteiger partial charge in [0.2, 0.25) is 12.7 Å². The monoisotopic (exact) mass is 314 g/mol. The standard InChI is InChI=1S/C16H18N4O3/c1-11-8-15(20-4-6-21-7-5-20)19-16(17-11)18-12-2-3-13-14(9-12)23-10-22-13/h2-3,8-9H,4-7,10H2,1H3,(H,17,18,19). The van der Waals surface area contributed by atoms with E-state index in [9.17, 15) is 0 Å². The van der Waals surface area contributed by atoms with E-state index < -0.39 is 0 Å². The van der Waals surface area contributed by atoms with Crippen molar-refractivity contribution < 1.29 is 14.2 Å². The molecule has 3 heterocycles. The van der Waals surface area contributed by atoms with E-state index in [1.165, 1.54) is 0 Å². The zero-order valence-electron chi connectivity index (χ0n) is 12.9. The molecular formula is C16H18N4O3. The Hall–Kier alpha value is -2.54. The molecule has 120 valence electrons. The molecule has 0 saturated carbocycles. The number of morpholine rings is 1. The highest BCUT2D eigenvalue weighted by Crippen LogP contribution is 2.34. The average Bonchev–Trinajstić information content (AvgIpc) is 3.03. The molecule has 2 aliphatic heterocycles.